The van der Waals surface area contributed by atoms with Crippen molar-refractivity contribution in [2.24, 2.45) is 12.0 Å². The number of ether oxygens (including phenoxy) is 2. The minimum absolute atomic E-state index is 0.141. The summed E-state index contributed by atoms with van der Waals surface area (Å²) in [5.41, 5.74) is 1.43. The smallest absolute Gasteiger partial charge is 0.338 e. The average Bonchev–Trinajstić information content (AvgIpc) is 3.06. The van der Waals surface area contributed by atoms with Gasteiger partial charge in [0.1, 0.15) is 5.75 Å². The standard InChI is InChI=1S/C22H24N2O4S2/c1-4-28-21(26)15-7-12-18-19(14-15)30-22(24(18)2)23-20(25)6-5-13-29-17-10-8-16(27-3)9-11-17/h7-12,14H,4-6,13H2,1-3H3. The molecule has 30 heavy (non-hydrogen) atoms. The number of methoxy groups -OCH3 is 1. The number of thioether (sulfide) groups is 1. The lowest BCUT2D eigenvalue weighted by Crippen LogP contribution is -2.13. The molecule has 0 radical (unpaired) electrons. The van der Waals surface area contributed by atoms with E-state index in [4.69, 9.17) is 9.47 Å². The number of hydrogen-bond acceptors (Lipinski definition) is 6. The molecule has 0 saturated heterocycles. The molecule has 2 aromatic carbocycles. The van der Waals surface area contributed by atoms with Crippen molar-refractivity contribution in [1.82, 2.24) is 4.57 Å². The Morgan fingerprint density at radius 3 is 2.63 bits per heavy atom. The Hall–Kier alpha value is -2.58. The van der Waals surface area contributed by atoms with Crippen LogP contribution in [0.5, 0.6) is 5.75 Å². The van der Waals surface area contributed by atoms with Crippen LogP contribution in [0.1, 0.15) is 30.1 Å². The molecule has 0 N–H and O–H groups in total. The van der Waals surface area contributed by atoms with Gasteiger partial charge < -0.3 is 14.0 Å². The molecule has 0 saturated carbocycles. The van der Waals surface area contributed by atoms with Gasteiger partial charge in [0.05, 0.1) is 29.5 Å². The Bertz CT molecular complexity index is 1100. The summed E-state index contributed by atoms with van der Waals surface area (Å²) in [7, 11) is 3.52. The van der Waals surface area contributed by atoms with Gasteiger partial charge in [-0.1, -0.05) is 11.3 Å². The second-order valence-corrected chi connectivity index (χ2v) is 8.66. The van der Waals surface area contributed by atoms with E-state index in [1.54, 1.807) is 37.9 Å². The molecule has 8 heteroatoms. The molecule has 0 atom stereocenters. The molecule has 1 heterocycles. The number of amides is 1. The Labute approximate surface area is 183 Å². The van der Waals surface area contributed by atoms with Crippen molar-refractivity contribution in [2.45, 2.75) is 24.7 Å². The van der Waals surface area contributed by atoms with Crippen LogP contribution >= 0.6 is 23.1 Å². The maximum absolute atomic E-state index is 12.3. The number of aromatic nitrogens is 1. The van der Waals surface area contributed by atoms with Gasteiger partial charge in [-0.05, 0) is 61.6 Å². The van der Waals surface area contributed by atoms with E-state index in [0.29, 0.717) is 23.4 Å². The fourth-order valence-corrected chi connectivity index (χ4v) is 4.76. The van der Waals surface area contributed by atoms with Gasteiger partial charge in [0.2, 0.25) is 5.91 Å². The Kier molecular flexibility index (Phi) is 7.70. The first-order chi connectivity index (χ1) is 14.5. The highest BCUT2D eigenvalue weighted by Gasteiger charge is 2.11. The van der Waals surface area contributed by atoms with Crippen LogP contribution in [-0.4, -0.2) is 35.9 Å². The SMILES string of the molecule is CCOC(=O)c1ccc2c(c1)sc(=NC(=O)CCCSc1ccc(OC)cc1)n2C. The lowest BCUT2D eigenvalue weighted by Gasteiger charge is -2.02. The number of carbonyl (C=O) groups is 2. The highest BCUT2D eigenvalue weighted by Crippen LogP contribution is 2.22. The molecule has 1 amide bonds. The quantitative estimate of drug-likeness (QED) is 0.292. The van der Waals surface area contributed by atoms with E-state index in [2.05, 4.69) is 4.99 Å². The summed E-state index contributed by atoms with van der Waals surface area (Å²) >= 11 is 3.10. The van der Waals surface area contributed by atoms with E-state index in [1.807, 2.05) is 41.9 Å². The summed E-state index contributed by atoms with van der Waals surface area (Å²) in [6.07, 6.45) is 1.14. The topological polar surface area (TPSA) is 69.9 Å². The zero-order chi connectivity index (χ0) is 21.5. The zero-order valence-corrected chi connectivity index (χ0v) is 18.8. The molecule has 3 aromatic rings. The van der Waals surface area contributed by atoms with Crippen LogP contribution in [0, 0.1) is 0 Å². The van der Waals surface area contributed by atoms with E-state index in [9.17, 15) is 9.59 Å². The number of rotatable bonds is 8. The number of hydrogen-bond donors (Lipinski definition) is 0. The maximum Gasteiger partial charge on any atom is 0.338 e. The molecule has 0 aliphatic carbocycles. The first-order valence-electron chi connectivity index (χ1n) is 9.63. The summed E-state index contributed by atoms with van der Waals surface area (Å²) in [5, 5.41) is 0. The number of aryl methyl sites for hydroxylation is 1. The van der Waals surface area contributed by atoms with E-state index in [-0.39, 0.29) is 11.9 Å². The third-order valence-electron chi connectivity index (χ3n) is 4.40. The number of benzene rings is 2. The minimum atomic E-state index is -0.348. The van der Waals surface area contributed by atoms with E-state index >= 15 is 0 Å². The van der Waals surface area contributed by atoms with Gasteiger partial charge in [-0.15, -0.1) is 11.8 Å². The number of nitrogens with zero attached hydrogens (tertiary/aromatic N) is 2. The highest BCUT2D eigenvalue weighted by molar-refractivity contribution is 7.99. The largest absolute Gasteiger partial charge is 0.497 e. The van der Waals surface area contributed by atoms with Gasteiger partial charge in [-0.3, -0.25) is 4.79 Å². The van der Waals surface area contributed by atoms with Gasteiger partial charge in [0, 0.05) is 18.4 Å². The molecule has 3 rings (SSSR count). The highest BCUT2D eigenvalue weighted by atomic mass is 32.2. The molecule has 0 aliphatic heterocycles. The van der Waals surface area contributed by atoms with Crippen LogP contribution in [0.3, 0.4) is 0 Å². The van der Waals surface area contributed by atoms with Crippen molar-refractivity contribution in [2.75, 3.05) is 19.5 Å². The molecule has 0 fully saturated rings. The van der Waals surface area contributed by atoms with E-state index < -0.39 is 0 Å². The first-order valence-corrected chi connectivity index (χ1v) is 11.4. The van der Waals surface area contributed by atoms with Crippen LogP contribution in [0.15, 0.2) is 52.4 Å². The predicted molar refractivity (Wildman–Crippen MR) is 120 cm³/mol. The lowest BCUT2D eigenvalue weighted by molar-refractivity contribution is -0.118. The minimum Gasteiger partial charge on any atom is -0.497 e. The fourth-order valence-electron chi connectivity index (χ4n) is 2.83. The number of esters is 1. The predicted octanol–water partition coefficient (Wildman–Crippen LogP) is 4.42. The van der Waals surface area contributed by atoms with Crippen LogP contribution in [0.4, 0.5) is 0 Å². The van der Waals surface area contributed by atoms with Gasteiger partial charge >= 0.3 is 5.97 Å². The van der Waals surface area contributed by atoms with Crippen LogP contribution in [0.25, 0.3) is 10.2 Å². The van der Waals surface area contributed by atoms with Crippen molar-refractivity contribution >= 4 is 45.2 Å². The molecular weight excluding hydrogens is 420 g/mol. The zero-order valence-electron chi connectivity index (χ0n) is 17.2. The Balaban J connectivity index is 1.61. The Morgan fingerprint density at radius 1 is 1.17 bits per heavy atom. The summed E-state index contributed by atoms with van der Waals surface area (Å²) in [4.78, 5) is 30.3. The summed E-state index contributed by atoms with van der Waals surface area (Å²) in [5.74, 6) is 1.19. The van der Waals surface area contributed by atoms with E-state index in [0.717, 1.165) is 33.0 Å². The monoisotopic (exact) mass is 444 g/mol. The van der Waals surface area contributed by atoms with E-state index in [1.165, 1.54) is 11.3 Å². The normalized spacial score (nSPS) is 11.6. The number of fused-ring (bicyclic) bond motifs is 1. The van der Waals surface area contributed by atoms with Crippen molar-refractivity contribution in [3.05, 3.63) is 52.8 Å². The molecule has 158 valence electrons. The van der Waals surface area contributed by atoms with Gasteiger partial charge in [-0.25, -0.2) is 4.79 Å². The van der Waals surface area contributed by atoms with Crippen LogP contribution < -0.4 is 9.54 Å². The molecule has 0 unspecified atom stereocenters. The van der Waals surface area contributed by atoms with Crippen molar-refractivity contribution < 1.29 is 19.1 Å². The summed E-state index contributed by atoms with van der Waals surface area (Å²) in [6, 6.07) is 13.2. The summed E-state index contributed by atoms with van der Waals surface area (Å²) < 4.78 is 13.0. The van der Waals surface area contributed by atoms with Crippen LogP contribution in [0.2, 0.25) is 0 Å². The second kappa shape index (κ2) is 10.4. The molecule has 0 spiro atoms. The summed E-state index contributed by atoms with van der Waals surface area (Å²) in [6.45, 7) is 2.11. The molecule has 0 bridgehead atoms. The number of carbonyl (C=O) groups excluding carboxylic acids is 2. The van der Waals surface area contributed by atoms with Crippen molar-refractivity contribution in [3.63, 3.8) is 0 Å². The van der Waals surface area contributed by atoms with Gasteiger partial charge in [0.15, 0.2) is 4.80 Å². The average molecular weight is 445 g/mol. The van der Waals surface area contributed by atoms with Gasteiger partial charge in [0.25, 0.3) is 0 Å². The third-order valence-corrected chi connectivity index (χ3v) is 6.60. The third kappa shape index (κ3) is 5.52. The number of thiazole rings is 1. The first kappa shape index (κ1) is 22.1. The Morgan fingerprint density at radius 2 is 1.93 bits per heavy atom. The van der Waals surface area contributed by atoms with Gasteiger partial charge in [-0.2, -0.15) is 4.99 Å². The lowest BCUT2D eigenvalue weighted by atomic mass is 10.2. The maximum atomic E-state index is 12.3. The molecule has 1 aromatic heterocycles. The second-order valence-electron chi connectivity index (χ2n) is 6.48. The molecule has 0 aliphatic rings. The van der Waals surface area contributed by atoms with Crippen LogP contribution in [-0.2, 0) is 16.6 Å². The van der Waals surface area contributed by atoms with Crippen molar-refractivity contribution in [3.8, 4) is 5.75 Å². The molecular formula is C22H24N2O4S2. The molecule has 6 nitrogen and oxygen atoms in total. The fraction of sp³-hybridized carbons (Fsp3) is 0.318. The van der Waals surface area contributed by atoms with Crippen molar-refractivity contribution in [1.29, 1.82) is 0 Å².